The molecule has 32 heavy (non-hydrogen) atoms. The van der Waals surface area contributed by atoms with Crippen LogP contribution in [0.25, 0.3) is 22.6 Å². The Morgan fingerprint density at radius 2 is 1.88 bits per heavy atom. The number of aromatic amines is 1. The van der Waals surface area contributed by atoms with Crippen molar-refractivity contribution in [2.24, 2.45) is 11.1 Å². The predicted octanol–water partition coefficient (Wildman–Crippen LogP) is 3.58. The van der Waals surface area contributed by atoms with Crippen molar-refractivity contribution in [3.63, 3.8) is 0 Å². The SMILES string of the molecule is COc1ccc(-c2cc(=O)[nH]c(-c3cc(CC(C)(C)C(N)=O)ccc3C(F)(F)F)n2)cn1. The molecule has 3 N–H and O–H groups in total. The molecular formula is C22H21F3N4O3. The van der Waals surface area contributed by atoms with Gasteiger partial charge in [-0.15, -0.1) is 0 Å². The predicted molar refractivity (Wildman–Crippen MR) is 112 cm³/mol. The van der Waals surface area contributed by atoms with Gasteiger partial charge in [0, 0.05) is 34.9 Å². The van der Waals surface area contributed by atoms with E-state index in [0.29, 0.717) is 17.0 Å². The molecule has 7 nitrogen and oxygen atoms in total. The summed E-state index contributed by atoms with van der Waals surface area (Å²) in [7, 11) is 1.44. The highest BCUT2D eigenvalue weighted by molar-refractivity contribution is 5.80. The Hall–Kier alpha value is -3.69. The number of alkyl halides is 3. The highest BCUT2D eigenvalue weighted by atomic mass is 19.4. The summed E-state index contributed by atoms with van der Waals surface area (Å²) >= 11 is 0. The number of nitrogens with two attached hydrogens (primary N) is 1. The van der Waals surface area contributed by atoms with E-state index in [9.17, 15) is 22.8 Å². The van der Waals surface area contributed by atoms with Crippen molar-refractivity contribution >= 4 is 5.91 Å². The maximum Gasteiger partial charge on any atom is 0.417 e. The fraction of sp³-hybridized carbons (Fsp3) is 0.273. The largest absolute Gasteiger partial charge is 0.481 e. The molecule has 10 heteroatoms. The van der Waals surface area contributed by atoms with Gasteiger partial charge in [-0.2, -0.15) is 13.2 Å². The van der Waals surface area contributed by atoms with E-state index in [2.05, 4.69) is 15.0 Å². The van der Waals surface area contributed by atoms with Crippen LogP contribution in [0.2, 0.25) is 0 Å². The lowest BCUT2D eigenvalue weighted by Crippen LogP contribution is -2.33. The van der Waals surface area contributed by atoms with Crippen molar-refractivity contribution < 1.29 is 22.7 Å². The molecule has 0 spiro atoms. The number of rotatable bonds is 6. The Kier molecular flexibility index (Phi) is 6.07. The quantitative estimate of drug-likeness (QED) is 0.601. The summed E-state index contributed by atoms with van der Waals surface area (Å²) < 4.78 is 46.2. The van der Waals surface area contributed by atoms with Crippen LogP contribution in [-0.2, 0) is 17.4 Å². The number of aromatic nitrogens is 3. The van der Waals surface area contributed by atoms with Crippen LogP contribution in [0.15, 0.2) is 47.4 Å². The van der Waals surface area contributed by atoms with Gasteiger partial charge in [-0.1, -0.05) is 19.9 Å². The van der Waals surface area contributed by atoms with Crippen LogP contribution in [0.1, 0.15) is 25.0 Å². The maximum absolute atomic E-state index is 13.7. The summed E-state index contributed by atoms with van der Waals surface area (Å²) in [6.45, 7) is 3.20. The fourth-order valence-electron chi connectivity index (χ4n) is 3.13. The Morgan fingerprint density at radius 3 is 2.44 bits per heavy atom. The molecule has 0 saturated carbocycles. The number of ether oxygens (including phenoxy) is 1. The van der Waals surface area contributed by atoms with Crippen LogP contribution < -0.4 is 16.0 Å². The third-order valence-corrected chi connectivity index (χ3v) is 4.94. The molecule has 0 aliphatic rings. The molecule has 168 valence electrons. The summed E-state index contributed by atoms with van der Waals surface area (Å²) in [5, 5.41) is 0. The number of benzene rings is 1. The van der Waals surface area contributed by atoms with E-state index in [4.69, 9.17) is 10.5 Å². The fourth-order valence-corrected chi connectivity index (χ4v) is 3.13. The Labute approximate surface area is 181 Å². The molecule has 0 atom stereocenters. The third kappa shape index (κ3) is 4.96. The molecule has 2 heterocycles. The van der Waals surface area contributed by atoms with E-state index in [1.807, 2.05) is 0 Å². The first-order chi connectivity index (χ1) is 14.9. The van der Waals surface area contributed by atoms with Crippen molar-refractivity contribution in [1.82, 2.24) is 15.0 Å². The van der Waals surface area contributed by atoms with E-state index in [1.54, 1.807) is 26.0 Å². The number of primary amides is 1. The Balaban J connectivity index is 2.16. The minimum Gasteiger partial charge on any atom is -0.481 e. The van der Waals surface area contributed by atoms with Gasteiger partial charge in [0.25, 0.3) is 5.56 Å². The first-order valence-electron chi connectivity index (χ1n) is 9.53. The van der Waals surface area contributed by atoms with E-state index in [-0.39, 0.29) is 23.5 Å². The molecule has 0 radical (unpaired) electrons. The van der Waals surface area contributed by atoms with Crippen molar-refractivity contribution in [2.75, 3.05) is 7.11 Å². The van der Waals surface area contributed by atoms with Crippen LogP contribution in [-0.4, -0.2) is 28.0 Å². The summed E-state index contributed by atoms with van der Waals surface area (Å²) in [6, 6.07) is 7.76. The number of pyridine rings is 1. The molecule has 3 aromatic rings. The highest BCUT2D eigenvalue weighted by Gasteiger charge is 2.35. The van der Waals surface area contributed by atoms with Gasteiger partial charge in [-0.25, -0.2) is 9.97 Å². The Bertz CT molecular complexity index is 1200. The molecule has 3 rings (SSSR count). The molecule has 0 fully saturated rings. The summed E-state index contributed by atoms with van der Waals surface area (Å²) in [5.41, 5.74) is 3.53. The van der Waals surface area contributed by atoms with Gasteiger partial charge < -0.3 is 15.5 Å². The van der Waals surface area contributed by atoms with Gasteiger partial charge in [0.05, 0.1) is 18.4 Å². The number of hydrogen-bond donors (Lipinski definition) is 2. The monoisotopic (exact) mass is 446 g/mol. The summed E-state index contributed by atoms with van der Waals surface area (Å²) in [4.78, 5) is 34.6. The van der Waals surface area contributed by atoms with Gasteiger partial charge in [0.15, 0.2) is 0 Å². The molecule has 0 bridgehead atoms. The van der Waals surface area contributed by atoms with Gasteiger partial charge in [0.1, 0.15) is 5.82 Å². The highest BCUT2D eigenvalue weighted by Crippen LogP contribution is 2.37. The molecule has 0 aliphatic heterocycles. The summed E-state index contributed by atoms with van der Waals surface area (Å²) in [5.74, 6) is -0.503. The van der Waals surface area contributed by atoms with Crippen LogP contribution in [0, 0.1) is 5.41 Å². The normalized spacial score (nSPS) is 11.9. The van der Waals surface area contributed by atoms with Crippen molar-refractivity contribution in [1.29, 1.82) is 0 Å². The minimum atomic E-state index is -4.69. The maximum atomic E-state index is 13.7. The second kappa shape index (κ2) is 8.45. The molecule has 1 aromatic carbocycles. The summed E-state index contributed by atoms with van der Waals surface area (Å²) in [6.07, 6.45) is -3.18. The molecule has 0 aliphatic carbocycles. The topological polar surface area (TPSA) is 111 Å². The van der Waals surface area contributed by atoms with Crippen LogP contribution >= 0.6 is 0 Å². The first-order valence-corrected chi connectivity index (χ1v) is 9.53. The number of methoxy groups -OCH3 is 1. The van der Waals surface area contributed by atoms with Gasteiger partial charge >= 0.3 is 6.18 Å². The minimum absolute atomic E-state index is 0.111. The number of amides is 1. The van der Waals surface area contributed by atoms with Gasteiger partial charge in [-0.05, 0) is 30.2 Å². The molecule has 1 amide bonds. The Morgan fingerprint density at radius 1 is 1.16 bits per heavy atom. The zero-order chi connectivity index (χ0) is 23.7. The third-order valence-electron chi connectivity index (χ3n) is 4.94. The number of H-pyrrole nitrogens is 1. The molecule has 0 unspecified atom stereocenters. The number of nitrogens with one attached hydrogen (secondary N) is 1. The van der Waals surface area contributed by atoms with Crippen molar-refractivity contribution in [2.45, 2.75) is 26.4 Å². The van der Waals surface area contributed by atoms with Crippen LogP contribution in [0.5, 0.6) is 5.88 Å². The smallest absolute Gasteiger partial charge is 0.417 e. The zero-order valence-electron chi connectivity index (χ0n) is 17.6. The van der Waals surface area contributed by atoms with E-state index < -0.39 is 28.6 Å². The average molecular weight is 446 g/mol. The van der Waals surface area contributed by atoms with Crippen molar-refractivity contribution in [3.8, 4) is 28.5 Å². The number of hydrogen-bond acceptors (Lipinski definition) is 5. The van der Waals surface area contributed by atoms with Crippen LogP contribution in [0.3, 0.4) is 0 Å². The van der Waals surface area contributed by atoms with E-state index in [1.165, 1.54) is 31.5 Å². The second-order valence-corrected chi connectivity index (χ2v) is 7.87. The molecular weight excluding hydrogens is 425 g/mol. The lowest BCUT2D eigenvalue weighted by Gasteiger charge is -2.21. The van der Waals surface area contributed by atoms with Gasteiger partial charge in [0.2, 0.25) is 11.8 Å². The lowest BCUT2D eigenvalue weighted by molar-refractivity contribution is -0.137. The average Bonchev–Trinajstić information content (AvgIpc) is 2.72. The second-order valence-electron chi connectivity index (χ2n) is 7.87. The van der Waals surface area contributed by atoms with E-state index >= 15 is 0 Å². The van der Waals surface area contributed by atoms with Gasteiger partial charge in [-0.3, -0.25) is 9.59 Å². The number of nitrogens with zero attached hydrogens (tertiary/aromatic N) is 2. The van der Waals surface area contributed by atoms with Crippen molar-refractivity contribution in [3.05, 3.63) is 64.1 Å². The van der Waals surface area contributed by atoms with Crippen LogP contribution in [0.4, 0.5) is 13.2 Å². The lowest BCUT2D eigenvalue weighted by atomic mass is 9.84. The molecule has 0 saturated heterocycles. The number of carbonyl (C=O) groups excluding carboxylic acids is 1. The first kappa shape index (κ1) is 23.0. The molecule has 2 aromatic heterocycles. The van der Waals surface area contributed by atoms with E-state index in [0.717, 1.165) is 6.07 Å². The zero-order valence-corrected chi connectivity index (χ0v) is 17.6. The number of halogens is 3. The number of carbonyl (C=O) groups is 1. The standard InChI is InChI=1S/C22H21F3N4O3/c1-21(2,20(26)31)10-12-4-6-15(22(23,24)25)14(8-12)19-28-16(9-17(30)29-19)13-5-7-18(32-3)27-11-13/h4-9,11H,10H2,1-3H3,(H2,26,31)(H,28,29,30).